The largest absolute Gasteiger partial charge is 0.488 e. The number of piperidine rings is 3. The van der Waals surface area contributed by atoms with Crippen LogP contribution in [-0.4, -0.2) is 237 Å². The van der Waals surface area contributed by atoms with Crippen LogP contribution in [0.2, 0.25) is 25.2 Å². The van der Waals surface area contributed by atoms with Crippen molar-refractivity contribution in [3.05, 3.63) is 297 Å². The van der Waals surface area contributed by atoms with Gasteiger partial charge >= 0.3 is 25.0 Å². The van der Waals surface area contributed by atoms with Gasteiger partial charge in [-0.25, -0.2) is 34.5 Å². The van der Waals surface area contributed by atoms with E-state index in [0.29, 0.717) is 50.5 Å². The minimum absolute atomic E-state index is 0.0260. The van der Waals surface area contributed by atoms with Crippen molar-refractivity contribution in [1.82, 2.24) is 69.9 Å². The topological polar surface area (TPSA) is 415 Å². The summed E-state index contributed by atoms with van der Waals surface area (Å²) in [6.45, 7) is 14.1. The molecule has 0 radical (unpaired) electrons. The molecule has 0 unspecified atom stereocenters. The Labute approximate surface area is 876 Å². The molecular weight excluding hydrogens is 2010 g/mol. The Balaban J connectivity index is 0.000000168. The molecule has 13 heterocycles. The number of aliphatic hydroxyl groups excluding tert-OH is 2. The summed E-state index contributed by atoms with van der Waals surface area (Å²) in [5, 5.41) is 65.1. The zero-order valence-corrected chi connectivity index (χ0v) is 86.0. The van der Waals surface area contributed by atoms with Gasteiger partial charge in [0.25, 0.3) is 0 Å². The maximum Gasteiger partial charge on any atom is 0.488 e. The third kappa shape index (κ3) is 38.5. The number of methoxy groups -OCH3 is 1. The number of halogens is 6. The van der Waals surface area contributed by atoms with Crippen LogP contribution in [-0.2, 0) is 71.2 Å². The molecule has 3 aliphatic heterocycles. The average molecular weight is 2130 g/mol. The Bertz CT molecular complexity index is 6560. The summed E-state index contributed by atoms with van der Waals surface area (Å²) < 4.78 is 20.6. The van der Waals surface area contributed by atoms with Gasteiger partial charge < -0.3 is 80.5 Å². The molecule has 3 aliphatic rings. The Hall–Kier alpha value is -11.9. The first-order chi connectivity index (χ1) is 70.5. The standard InChI is InChI=1S/C33H46N6O2.C18H15ClN2O3.C17H13ClN2O3.C15H11ClN2O.C8H4Cl2N2.C8H18N2.C7H9BO3.C2H3BrO2/c40-33(36-15-8-22-39-19-5-2-6-20-39)26-41-25-27-9-11-28(12-10-27)31-23-32(29-24-34-16-13-30(29)37-31)35-14-7-21-38-17-3-1-4-18-38;1-23-18(22)11-24-10-12-2-4-13(5-3-12)17-8-15(19)14-9-20-7-6-16(14)21-17;18-14-7-16(20-15-5-6-19-8-13(14)15)12-3-1-11(2-4-12)9-23-10-17(21)22;16-13-7-15(11-3-1-10(9-19)2-4-11)18-14-5-6-17-8-12(13)14;9-6-3-8(10)12-7-1-2-11-4-5(6)7;9-5-4-8-10-6-2-1-3-7-10;9-5-6-1-3-7(4-2-6)8(10)11;3-1-2(4)5/h9-13,16,23-24H,1-8,14-15,17-22,25-26H2,(H,35,37)(H,36,40);2-9H,10-11H2,1H3;1-8H,9-10H2,(H,21,22);1-8,19H,9H2;1-4H;1-9H2;1-4,9-11H,5H2;1H2,(H,4,5). The van der Waals surface area contributed by atoms with Crippen LogP contribution in [0.15, 0.2) is 244 Å². The highest BCUT2D eigenvalue weighted by molar-refractivity contribution is 9.09. The molecule has 10 N–H and O–H groups in total. The van der Waals surface area contributed by atoms with E-state index in [1.165, 1.54) is 117 Å². The monoisotopic (exact) mass is 2130 g/mol. The van der Waals surface area contributed by atoms with Crippen molar-refractivity contribution in [2.24, 2.45) is 5.73 Å². The molecular formula is C108H119BBrCl5N16O14. The second-order valence-corrected chi connectivity index (χ2v) is 36.5. The van der Waals surface area contributed by atoms with Crippen LogP contribution in [0.5, 0.6) is 0 Å². The highest BCUT2D eigenvalue weighted by Crippen LogP contribution is 2.34. The third-order valence-electron chi connectivity index (χ3n) is 23.3. The van der Waals surface area contributed by atoms with Gasteiger partial charge in [0.1, 0.15) is 30.3 Å². The first kappa shape index (κ1) is 113. The molecule has 0 atom stereocenters. The first-order valence-corrected chi connectivity index (χ1v) is 50.8. The van der Waals surface area contributed by atoms with Gasteiger partial charge in [-0.1, -0.05) is 215 Å². The minimum Gasteiger partial charge on any atom is -0.481 e. The number of hydrogen-bond acceptors (Lipinski definition) is 27. The fourth-order valence-corrected chi connectivity index (χ4v) is 16.8. The van der Waals surface area contributed by atoms with Gasteiger partial charge in [-0.05, 0) is 217 Å². The summed E-state index contributed by atoms with van der Waals surface area (Å²) in [4.78, 5) is 93.7. The smallest absolute Gasteiger partial charge is 0.481 e. The number of aliphatic carboxylic acids is 2. The number of aromatic nitrogens is 10. The Morgan fingerprint density at radius 1 is 0.400 bits per heavy atom. The number of anilines is 1. The highest BCUT2D eigenvalue weighted by Gasteiger charge is 2.18. The van der Waals surface area contributed by atoms with Crippen LogP contribution >= 0.6 is 73.9 Å². The van der Waals surface area contributed by atoms with E-state index < -0.39 is 25.0 Å². The van der Waals surface area contributed by atoms with E-state index in [1.807, 2.05) is 121 Å². The summed E-state index contributed by atoms with van der Waals surface area (Å²) in [7, 11) is -0.0964. The van der Waals surface area contributed by atoms with Crippen molar-refractivity contribution in [3.8, 4) is 45.0 Å². The Kier molecular flexibility index (Phi) is 48.7. The van der Waals surface area contributed by atoms with Gasteiger partial charge in [-0.2, -0.15) is 0 Å². The number of benzene rings is 5. The number of carboxylic acid groups (broad SMARTS) is 2. The van der Waals surface area contributed by atoms with Gasteiger partial charge in [0.2, 0.25) is 5.91 Å². The maximum atomic E-state index is 12.2. The number of nitrogens with one attached hydrogen (secondary N) is 2. The van der Waals surface area contributed by atoms with E-state index in [9.17, 15) is 19.2 Å². The SMILES string of the molecule is COC(=O)COCc1ccc(-c2cc(Cl)c3cnccc3n2)cc1.Clc1cc(Cl)c2cnccc2n1.NCCCN1CCCCC1.O=C(COCc1ccc(-c2cc(NCCCN3CCCCC3)c3cnccc3n2)cc1)NCCCN1CCCCC1.O=C(O)CBr.O=C(O)COCc1ccc(-c2cc(Cl)c3cnccc3n2)cc1.OCc1ccc(-c2cc(Cl)c3cnccc3n2)cc1.OCc1ccc(B(O)O)cc1. The molecule has 10 aromatic heterocycles. The fraction of sp³-hybridized carbons (Fsp3) is 0.315. The van der Waals surface area contributed by atoms with Crippen molar-refractivity contribution in [3.63, 3.8) is 0 Å². The van der Waals surface area contributed by atoms with Crippen LogP contribution in [0.25, 0.3) is 99.5 Å². The van der Waals surface area contributed by atoms with Crippen LogP contribution in [0.1, 0.15) is 105 Å². The molecule has 760 valence electrons. The number of nitrogens with two attached hydrogens (primary N) is 1. The summed E-state index contributed by atoms with van der Waals surface area (Å²) in [6, 6.07) is 56.1. The number of likely N-dealkylation sites (tertiary alicyclic amines) is 3. The number of esters is 1. The number of amides is 1. The summed E-state index contributed by atoms with van der Waals surface area (Å²) >= 11 is 33.2. The molecule has 15 aromatic rings. The van der Waals surface area contributed by atoms with Gasteiger partial charge in [-0.15, -0.1) is 0 Å². The van der Waals surface area contributed by atoms with Crippen LogP contribution in [0, 0.1) is 0 Å². The number of nitrogens with zero attached hydrogens (tertiary/aromatic N) is 13. The van der Waals surface area contributed by atoms with Crippen molar-refractivity contribution >= 4 is 171 Å². The summed E-state index contributed by atoms with van der Waals surface area (Å²) in [5.74, 6) is -2.25. The van der Waals surface area contributed by atoms with Crippen molar-refractivity contribution in [2.75, 3.05) is 116 Å². The van der Waals surface area contributed by atoms with E-state index in [4.69, 9.17) is 113 Å². The second-order valence-electron chi connectivity index (χ2n) is 33.9. The predicted octanol–water partition coefficient (Wildman–Crippen LogP) is 18.8. The number of fused-ring (bicyclic) bond motifs is 5. The van der Waals surface area contributed by atoms with E-state index in [-0.39, 0.29) is 50.9 Å². The molecule has 3 saturated heterocycles. The molecule has 0 bridgehead atoms. The number of ether oxygens (including phenoxy) is 4. The molecule has 5 aromatic carbocycles. The Morgan fingerprint density at radius 3 is 1.08 bits per heavy atom. The molecule has 30 nitrogen and oxygen atoms in total. The molecule has 1 amide bonds. The number of hydrogen-bond donors (Lipinski definition) is 9. The molecule has 0 saturated carbocycles. The first-order valence-electron chi connectivity index (χ1n) is 47.8. The van der Waals surface area contributed by atoms with Crippen molar-refractivity contribution in [1.29, 1.82) is 0 Å². The summed E-state index contributed by atoms with van der Waals surface area (Å²) in [6.07, 6.45) is 32.7. The number of rotatable bonds is 32. The molecule has 3 fully saturated rings. The lowest BCUT2D eigenvalue weighted by Crippen LogP contribution is -2.34. The van der Waals surface area contributed by atoms with Crippen molar-refractivity contribution in [2.45, 2.75) is 110 Å². The lowest BCUT2D eigenvalue weighted by molar-refractivity contribution is -0.146. The third-order valence-corrected chi connectivity index (χ3v) is 25.2. The molecule has 0 aliphatic carbocycles. The molecule has 145 heavy (non-hydrogen) atoms. The Morgan fingerprint density at radius 2 is 0.724 bits per heavy atom. The zero-order valence-electron chi connectivity index (χ0n) is 80.6. The van der Waals surface area contributed by atoms with Gasteiger partial charge in [0.15, 0.2) is 0 Å². The quantitative estimate of drug-likeness (QED) is 0.00621. The lowest BCUT2D eigenvalue weighted by atomic mass is 9.80. The zero-order chi connectivity index (χ0) is 103. The number of carbonyl (C=O) groups excluding carboxylic acids is 2. The van der Waals surface area contributed by atoms with E-state index in [2.05, 4.69) is 121 Å². The van der Waals surface area contributed by atoms with Gasteiger partial charge in [0, 0.05) is 130 Å². The number of carbonyl (C=O) groups is 4. The summed E-state index contributed by atoms with van der Waals surface area (Å²) in [5.41, 5.74) is 22.8. The van der Waals surface area contributed by atoms with Crippen LogP contribution < -0.4 is 21.8 Å². The highest BCUT2D eigenvalue weighted by atomic mass is 79.9. The van der Waals surface area contributed by atoms with Crippen LogP contribution in [0.4, 0.5) is 5.69 Å². The van der Waals surface area contributed by atoms with Gasteiger partial charge in [0.05, 0.1) is 111 Å². The molecule has 18 rings (SSSR count). The number of aliphatic hydroxyl groups is 2. The van der Waals surface area contributed by atoms with Crippen LogP contribution in [0.3, 0.4) is 0 Å². The number of carboxylic acids is 2. The predicted molar refractivity (Wildman–Crippen MR) is 578 cm³/mol. The lowest BCUT2D eigenvalue weighted by Gasteiger charge is -2.26. The average Bonchev–Trinajstić information content (AvgIpc) is 0.851. The maximum absolute atomic E-state index is 12.2. The van der Waals surface area contributed by atoms with E-state index >= 15 is 0 Å². The fourth-order valence-electron chi connectivity index (χ4n) is 15.6. The number of alkyl halides is 1. The molecule has 37 heteroatoms. The van der Waals surface area contributed by atoms with Gasteiger partial charge in [-0.3, -0.25) is 34.5 Å². The van der Waals surface area contributed by atoms with E-state index in [1.54, 1.807) is 92.2 Å². The van der Waals surface area contributed by atoms with E-state index in [0.717, 1.165) is 172 Å². The molecule has 0 spiro atoms. The minimum atomic E-state index is -1.43. The number of pyridine rings is 10. The second kappa shape index (κ2) is 62.2. The normalized spacial score (nSPS) is 12.9. The van der Waals surface area contributed by atoms with Crippen molar-refractivity contribution < 1.29 is 68.6 Å².